The summed E-state index contributed by atoms with van der Waals surface area (Å²) in [6, 6.07) is 8.45. The maximum absolute atomic E-state index is 12.8. The van der Waals surface area contributed by atoms with Crippen LogP contribution in [-0.4, -0.2) is 41.0 Å². The highest BCUT2D eigenvalue weighted by Gasteiger charge is 2.37. The number of rotatable bonds is 3. The molecule has 2 aliphatic rings. The standard InChI is InChI=1S/C18H20ClN3OS.2ClH/c19-16-4-2-1-3-15(16)18-21-12(11-24-18)9-17(23)22-13-5-6-14(22)10-20-8-7-13;;/h1-4,11,13-14,20H,5-10H2;2*1H. The average molecular weight is 435 g/mol. The van der Waals surface area contributed by atoms with Gasteiger partial charge in [0.1, 0.15) is 5.01 Å². The van der Waals surface area contributed by atoms with Crippen molar-refractivity contribution in [2.75, 3.05) is 13.1 Å². The number of benzene rings is 1. The second-order valence-corrected chi connectivity index (χ2v) is 7.74. The number of nitrogens with one attached hydrogen (secondary N) is 1. The Bertz CT molecular complexity index is 741. The molecule has 2 aromatic rings. The molecule has 142 valence electrons. The van der Waals surface area contributed by atoms with E-state index in [1.807, 2.05) is 29.6 Å². The molecule has 2 bridgehead atoms. The third-order valence-corrected chi connectivity index (χ3v) is 6.18. The fourth-order valence-electron chi connectivity index (χ4n) is 3.78. The molecule has 8 heteroatoms. The number of carbonyl (C=O) groups excluding carboxylic acids is 1. The smallest absolute Gasteiger partial charge is 0.229 e. The van der Waals surface area contributed by atoms with Gasteiger partial charge in [0.05, 0.1) is 17.1 Å². The Hall–Kier alpha value is -0.850. The van der Waals surface area contributed by atoms with Gasteiger partial charge < -0.3 is 10.2 Å². The molecule has 1 amide bonds. The molecule has 1 aromatic heterocycles. The largest absolute Gasteiger partial charge is 0.335 e. The van der Waals surface area contributed by atoms with Crippen molar-refractivity contribution in [1.29, 1.82) is 0 Å². The van der Waals surface area contributed by atoms with Gasteiger partial charge in [-0.3, -0.25) is 4.79 Å². The van der Waals surface area contributed by atoms with Crippen LogP contribution in [0.25, 0.3) is 10.6 Å². The summed E-state index contributed by atoms with van der Waals surface area (Å²) in [6.45, 7) is 1.93. The van der Waals surface area contributed by atoms with Gasteiger partial charge in [-0.25, -0.2) is 4.98 Å². The molecule has 2 aliphatic heterocycles. The van der Waals surface area contributed by atoms with E-state index in [1.54, 1.807) is 11.3 Å². The number of hydrogen-bond acceptors (Lipinski definition) is 4. The molecule has 26 heavy (non-hydrogen) atoms. The third kappa shape index (κ3) is 4.34. The van der Waals surface area contributed by atoms with Crippen LogP contribution >= 0.6 is 47.8 Å². The lowest BCUT2D eigenvalue weighted by atomic mass is 10.1. The van der Waals surface area contributed by atoms with Gasteiger partial charge in [-0.2, -0.15) is 0 Å². The van der Waals surface area contributed by atoms with Gasteiger partial charge in [0.15, 0.2) is 0 Å². The molecule has 0 aliphatic carbocycles. The first kappa shape index (κ1) is 21.5. The van der Waals surface area contributed by atoms with Crippen LogP contribution in [0.5, 0.6) is 0 Å². The van der Waals surface area contributed by atoms with Gasteiger partial charge >= 0.3 is 0 Å². The number of hydrogen-bond donors (Lipinski definition) is 1. The molecule has 0 saturated carbocycles. The van der Waals surface area contributed by atoms with Crippen molar-refractivity contribution in [1.82, 2.24) is 15.2 Å². The fourth-order valence-corrected chi connectivity index (χ4v) is 4.92. The van der Waals surface area contributed by atoms with Crippen LogP contribution in [0.15, 0.2) is 29.6 Å². The van der Waals surface area contributed by atoms with E-state index in [0.717, 1.165) is 48.6 Å². The van der Waals surface area contributed by atoms with Crippen molar-refractivity contribution < 1.29 is 4.79 Å². The van der Waals surface area contributed by atoms with E-state index in [-0.39, 0.29) is 30.7 Å². The predicted octanol–water partition coefficient (Wildman–Crippen LogP) is 4.20. The second-order valence-electron chi connectivity index (χ2n) is 6.48. The molecule has 2 fully saturated rings. The maximum Gasteiger partial charge on any atom is 0.229 e. The first-order chi connectivity index (χ1) is 11.7. The maximum atomic E-state index is 12.8. The number of amides is 1. The van der Waals surface area contributed by atoms with Crippen molar-refractivity contribution in [2.45, 2.75) is 37.8 Å². The molecule has 2 atom stereocenters. The lowest BCUT2D eigenvalue weighted by Gasteiger charge is -2.27. The normalized spacial score (nSPS) is 21.5. The van der Waals surface area contributed by atoms with Crippen LogP contribution in [-0.2, 0) is 11.2 Å². The second kappa shape index (κ2) is 9.38. The van der Waals surface area contributed by atoms with Gasteiger partial charge in [0.2, 0.25) is 5.91 Å². The number of nitrogens with zero attached hydrogens (tertiary/aromatic N) is 2. The van der Waals surface area contributed by atoms with Crippen LogP contribution in [0.3, 0.4) is 0 Å². The number of halogens is 3. The lowest BCUT2D eigenvalue weighted by molar-refractivity contribution is -0.133. The molecular formula is C18H22Cl3N3OS. The quantitative estimate of drug-likeness (QED) is 0.787. The summed E-state index contributed by atoms with van der Waals surface area (Å²) in [5, 5.41) is 6.99. The van der Waals surface area contributed by atoms with Crippen LogP contribution in [0, 0.1) is 0 Å². The van der Waals surface area contributed by atoms with Crippen LogP contribution in [0.4, 0.5) is 0 Å². The molecule has 2 saturated heterocycles. The highest BCUT2D eigenvalue weighted by Crippen LogP contribution is 2.31. The molecule has 2 unspecified atom stereocenters. The van der Waals surface area contributed by atoms with Gasteiger partial charge in [-0.05, 0) is 31.9 Å². The minimum atomic E-state index is 0. The summed E-state index contributed by atoms with van der Waals surface area (Å²) >= 11 is 7.79. The van der Waals surface area contributed by atoms with E-state index >= 15 is 0 Å². The van der Waals surface area contributed by atoms with E-state index < -0.39 is 0 Å². The molecular weight excluding hydrogens is 413 g/mol. The summed E-state index contributed by atoms with van der Waals surface area (Å²) in [5.41, 5.74) is 1.78. The summed E-state index contributed by atoms with van der Waals surface area (Å²) in [5.74, 6) is 0.210. The summed E-state index contributed by atoms with van der Waals surface area (Å²) < 4.78 is 0. The van der Waals surface area contributed by atoms with Crippen molar-refractivity contribution in [3.63, 3.8) is 0 Å². The number of carbonyl (C=O) groups is 1. The Kier molecular flexibility index (Phi) is 7.74. The molecule has 4 nitrogen and oxygen atoms in total. The molecule has 4 rings (SSSR count). The minimum absolute atomic E-state index is 0. The van der Waals surface area contributed by atoms with Gasteiger partial charge in [-0.15, -0.1) is 36.2 Å². The van der Waals surface area contributed by atoms with E-state index in [2.05, 4.69) is 15.2 Å². The first-order valence-electron chi connectivity index (χ1n) is 8.43. The first-order valence-corrected chi connectivity index (χ1v) is 9.69. The molecule has 1 N–H and O–H groups in total. The van der Waals surface area contributed by atoms with Gasteiger partial charge in [-0.1, -0.05) is 29.8 Å². The number of fused-ring (bicyclic) bond motifs is 2. The Morgan fingerprint density at radius 2 is 2.00 bits per heavy atom. The van der Waals surface area contributed by atoms with Crippen LogP contribution in [0.2, 0.25) is 5.02 Å². The topological polar surface area (TPSA) is 45.2 Å². The van der Waals surface area contributed by atoms with Crippen molar-refractivity contribution >= 4 is 53.7 Å². The Labute approximate surface area is 175 Å². The number of aromatic nitrogens is 1. The molecule has 0 spiro atoms. The fraction of sp³-hybridized carbons (Fsp3) is 0.444. The minimum Gasteiger partial charge on any atom is -0.335 e. The van der Waals surface area contributed by atoms with Crippen molar-refractivity contribution in [2.24, 2.45) is 0 Å². The average Bonchev–Trinajstić information content (AvgIpc) is 3.11. The van der Waals surface area contributed by atoms with Gasteiger partial charge in [0, 0.05) is 29.6 Å². The highest BCUT2D eigenvalue weighted by molar-refractivity contribution is 7.13. The van der Waals surface area contributed by atoms with E-state index in [1.165, 1.54) is 0 Å². The Morgan fingerprint density at radius 3 is 2.81 bits per heavy atom. The summed E-state index contributed by atoms with van der Waals surface area (Å²) in [6.07, 6.45) is 3.70. The lowest BCUT2D eigenvalue weighted by Crippen LogP contribution is -2.43. The van der Waals surface area contributed by atoms with E-state index in [0.29, 0.717) is 23.5 Å². The number of thiazole rings is 1. The molecule has 3 heterocycles. The monoisotopic (exact) mass is 433 g/mol. The van der Waals surface area contributed by atoms with E-state index in [4.69, 9.17) is 11.6 Å². The zero-order valence-electron chi connectivity index (χ0n) is 14.2. The van der Waals surface area contributed by atoms with Crippen molar-refractivity contribution in [3.8, 4) is 10.6 Å². The zero-order chi connectivity index (χ0) is 16.5. The highest BCUT2D eigenvalue weighted by atomic mass is 35.5. The summed E-state index contributed by atoms with van der Waals surface area (Å²) in [7, 11) is 0. The Morgan fingerprint density at radius 1 is 1.23 bits per heavy atom. The van der Waals surface area contributed by atoms with Crippen molar-refractivity contribution in [3.05, 3.63) is 40.4 Å². The summed E-state index contributed by atoms with van der Waals surface area (Å²) in [4.78, 5) is 19.6. The van der Waals surface area contributed by atoms with Crippen LogP contribution < -0.4 is 5.32 Å². The van der Waals surface area contributed by atoms with E-state index in [9.17, 15) is 4.79 Å². The van der Waals surface area contributed by atoms with Crippen LogP contribution in [0.1, 0.15) is 25.0 Å². The SMILES string of the molecule is Cl.Cl.O=C(Cc1csc(-c2ccccc2Cl)n1)N1C2CCNCC1CC2. The molecule has 0 radical (unpaired) electrons. The predicted molar refractivity (Wildman–Crippen MR) is 112 cm³/mol. The Balaban J connectivity index is 0.00000121. The van der Waals surface area contributed by atoms with Gasteiger partial charge in [0.25, 0.3) is 0 Å². The molecule has 1 aromatic carbocycles. The zero-order valence-corrected chi connectivity index (χ0v) is 17.4. The third-order valence-electron chi connectivity index (χ3n) is 4.93.